The summed E-state index contributed by atoms with van der Waals surface area (Å²) in [6, 6.07) is 4.68. The van der Waals surface area contributed by atoms with Gasteiger partial charge in [0.2, 0.25) is 0 Å². The maximum absolute atomic E-state index is 13.9. The summed E-state index contributed by atoms with van der Waals surface area (Å²) in [5.74, 6) is -1.09. The Hall–Kier alpha value is -1.20. The monoisotopic (exact) mass is 342 g/mol. The smallest absolute Gasteiger partial charge is 0.145 e. The summed E-state index contributed by atoms with van der Waals surface area (Å²) in [4.78, 5) is 0. The Bertz CT molecular complexity index is 596. The predicted molar refractivity (Wildman–Crippen MR) is 79.6 cm³/mol. The number of benzene rings is 1. The van der Waals surface area contributed by atoms with E-state index in [1.54, 1.807) is 4.57 Å². The van der Waals surface area contributed by atoms with Crippen molar-refractivity contribution in [3.8, 4) is 0 Å². The normalized spacial score (nSPS) is 12.7. The van der Waals surface area contributed by atoms with Gasteiger partial charge in [0.05, 0.1) is 11.0 Å². The molecule has 0 saturated carbocycles. The molecule has 2 N–H and O–H groups in total. The first kappa shape index (κ1) is 15.2. The molecule has 20 heavy (non-hydrogen) atoms. The van der Waals surface area contributed by atoms with Crippen LogP contribution in [0.15, 0.2) is 35.1 Å². The maximum atomic E-state index is 13.9. The van der Waals surface area contributed by atoms with Crippen LogP contribution in [0.3, 0.4) is 0 Å². The van der Waals surface area contributed by atoms with Crippen molar-refractivity contribution in [3.05, 3.63) is 57.8 Å². The fraction of sp³-hybridized carbons (Fsp3) is 0.333. The molecule has 1 atom stereocenters. The third-order valence-corrected chi connectivity index (χ3v) is 3.93. The molecule has 0 bridgehead atoms. The average molecular weight is 343 g/mol. The van der Waals surface area contributed by atoms with E-state index in [1.807, 2.05) is 25.4 Å². The standard InChI is InChI=1S/C15H17BrF2N2/c1-2-11(19)7-10-5-6-20(8-10)9-12-14(17)4-3-13(16)15(12)18/h3-6,8,11H,2,7,9,19H2,1H3. The van der Waals surface area contributed by atoms with Crippen molar-refractivity contribution in [3.63, 3.8) is 0 Å². The minimum Gasteiger partial charge on any atom is -0.349 e. The van der Waals surface area contributed by atoms with Crippen LogP contribution in [0.4, 0.5) is 8.78 Å². The third-order valence-electron chi connectivity index (χ3n) is 3.31. The zero-order chi connectivity index (χ0) is 14.7. The molecular weight excluding hydrogens is 326 g/mol. The van der Waals surface area contributed by atoms with Gasteiger partial charge >= 0.3 is 0 Å². The second kappa shape index (κ2) is 6.50. The van der Waals surface area contributed by atoms with Crippen LogP contribution in [0, 0.1) is 11.6 Å². The van der Waals surface area contributed by atoms with Gasteiger partial charge in [0.1, 0.15) is 11.6 Å². The zero-order valence-corrected chi connectivity index (χ0v) is 12.8. The SMILES string of the molecule is CCC(N)Cc1ccn(Cc2c(F)ccc(Br)c2F)c1. The number of nitrogens with zero attached hydrogens (tertiary/aromatic N) is 1. The van der Waals surface area contributed by atoms with Crippen LogP contribution in [0.2, 0.25) is 0 Å². The molecule has 1 heterocycles. The molecule has 1 unspecified atom stereocenters. The molecule has 0 amide bonds. The Labute approximate surface area is 125 Å². The molecule has 2 aromatic rings. The molecule has 2 nitrogen and oxygen atoms in total. The van der Waals surface area contributed by atoms with Crippen LogP contribution in [-0.2, 0) is 13.0 Å². The lowest BCUT2D eigenvalue weighted by Crippen LogP contribution is -2.21. The highest BCUT2D eigenvalue weighted by atomic mass is 79.9. The van der Waals surface area contributed by atoms with Gasteiger partial charge in [0.15, 0.2) is 0 Å². The quantitative estimate of drug-likeness (QED) is 0.822. The number of halogens is 3. The molecule has 1 aromatic carbocycles. The summed E-state index contributed by atoms with van der Waals surface area (Å²) >= 11 is 3.07. The fourth-order valence-electron chi connectivity index (χ4n) is 2.05. The van der Waals surface area contributed by atoms with Gasteiger partial charge in [0.25, 0.3) is 0 Å². The Balaban J connectivity index is 2.17. The summed E-state index contributed by atoms with van der Waals surface area (Å²) in [6.45, 7) is 2.20. The number of hydrogen-bond donors (Lipinski definition) is 1. The van der Waals surface area contributed by atoms with E-state index >= 15 is 0 Å². The molecule has 5 heteroatoms. The van der Waals surface area contributed by atoms with Gasteiger partial charge < -0.3 is 10.3 Å². The summed E-state index contributed by atoms with van der Waals surface area (Å²) in [5, 5.41) is 0. The van der Waals surface area contributed by atoms with Crippen molar-refractivity contribution < 1.29 is 8.78 Å². The first-order valence-corrected chi connectivity index (χ1v) is 7.33. The summed E-state index contributed by atoms with van der Waals surface area (Å²) < 4.78 is 29.6. The van der Waals surface area contributed by atoms with Crippen molar-refractivity contribution in [2.75, 3.05) is 0 Å². The molecule has 0 fully saturated rings. The molecule has 2 rings (SSSR count). The first-order valence-electron chi connectivity index (χ1n) is 6.53. The molecular formula is C15H17BrF2N2. The molecule has 108 valence electrons. The Morgan fingerprint density at radius 3 is 2.75 bits per heavy atom. The minimum absolute atomic E-state index is 0.0568. The van der Waals surface area contributed by atoms with Crippen LogP contribution in [0.25, 0.3) is 0 Å². The fourth-order valence-corrected chi connectivity index (χ4v) is 2.42. The Morgan fingerprint density at radius 2 is 2.05 bits per heavy atom. The highest BCUT2D eigenvalue weighted by Gasteiger charge is 2.13. The second-order valence-corrected chi connectivity index (χ2v) is 5.74. The van der Waals surface area contributed by atoms with Crippen LogP contribution in [0.1, 0.15) is 24.5 Å². The molecule has 0 aliphatic carbocycles. The van der Waals surface area contributed by atoms with Crippen LogP contribution < -0.4 is 5.73 Å². The molecule has 0 aliphatic rings. The van der Waals surface area contributed by atoms with Crippen LogP contribution in [-0.4, -0.2) is 10.6 Å². The van der Waals surface area contributed by atoms with E-state index in [9.17, 15) is 8.78 Å². The number of aromatic nitrogens is 1. The van der Waals surface area contributed by atoms with E-state index in [0.717, 1.165) is 18.4 Å². The van der Waals surface area contributed by atoms with Crippen LogP contribution in [0.5, 0.6) is 0 Å². The minimum atomic E-state index is -0.550. The molecule has 0 radical (unpaired) electrons. The van der Waals surface area contributed by atoms with Gasteiger partial charge in [-0.2, -0.15) is 0 Å². The number of rotatable bonds is 5. The van der Waals surface area contributed by atoms with Gasteiger partial charge in [-0.1, -0.05) is 6.92 Å². The van der Waals surface area contributed by atoms with E-state index in [4.69, 9.17) is 5.73 Å². The highest BCUT2D eigenvalue weighted by Crippen LogP contribution is 2.22. The van der Waals surface area contributed by atoms with Gasteiger partial charge in [-0.05, 0) is 52.5 Å². The van der Waals surface area contributed by atoms with E-state index in [1.165, 1.54) is 12.1 Å². The molecule has 0 spiro atoms. The van der Waals surface area contributed by atoms with E-state index in [2.05, 4.69) is 15.9 Å². The van der Waals surface area contributed by atoms with Crippen molar-refractivity contribution in [2.24, 2.45) is 5.73 Å². The van der Waals surface area contributed by atoms with Gasteiger partial charge in [-0.25, -0.2) is 8.78 Å². The third kappa shape index (κ3) is 3.46. The number of hydrogen-bond acceptors (Lipinski definition) is 1. The lowest BCUT2D eigenvalue weighted by atomic mass is 10.1. The highest BCUT2D eigenvalue weighted by molar-refractivity contribution is 9.10. The second-order valence-electron chi connectivity index (χ2n) is 4.89. The van der Waals surface area contributed by atoms with Crippen molar-refractivity contribution in [1.29, 1.82) is 0 Å². The first-order chi connectivity index (χ1) is 9.51. The van der Waals surface area contributed by atoms with Gasteiger partial charge in [-0.3, -0.25) is 0 Å². The molecule has 0 aliphatic heterocycles. The molecule has 1 aromatic heterocycles. The Morgan fingerprint density at radius 1 is 1.30 bits per heavy atom. The average Bonchev–Trinajstić information content (AvgIpc) is 2.86. The maximum Gasteiger partial charge on any atom is 0.145 e. The topological polar surface area (TPSA) is 30.9 Å². The molecule has 0 saturated heterocycles. The zero-order valence-electron chi connectivity index (χ0n) is 11.2. The largest absolute Gasteiger partial charge is 0.349 e. The summed E-state index contributed by atoms with van der Waals surface area (Å²) in [7, 11) is 0. The van der Waals surface area contributed by atoms with Crippen molar-refractivity contribution >= 4 is 15.9 Å². The van der Waals surface area contributed by atoms with E-state index < -0.39 is 11.6 Å². The van der Waals surface area contributed by atoms with Crippen LogP contribution >= 0.6 is 15.9 Å². The van der Waals surface area contributed by atoms with Crippen molar-refractivity contribution in [2.45, 2.75) is 32.4 Å². The van der Waals surface area contributed by atoms with Gasteiger partial charge in [-0.15, -0.1) is 0 Å². The van der Waals surface area contributed by atoms with Gasteiger partial charge in [0, 0.05) is 24.0 Å². The van der Waals surface area contributed by atoms with Crippen molar-refractivity contribution in [1.82, 2.24) is 4.57 Å². The summed E-state index contributed by atoms with van der Waals surface area (Å²) in [5.41, 5.74) is 7.04. The summed E-state index contributed by atoms with van der Waals surface area (Å²) in [6.07, 6.45) is 5.37. The predicted octanol–water partition coefficient (Wildman–Crippen LogP) is 3.86. The number of nitrogens with two attached hydrogens (primary N) is 1. The lowest BCUT2D eigenvalue weighted by molar-refractivity contribution is 0.540. The van der Waals surface area contributed by atoms with E-state index in [0.29, 0.717) is 0 Å². The lowest BCUT2D eigenvalue weighted by Gasteiger charge is -2.08. The Kier molecular flexibility index (Phi) is 4.94. The van der Waals surface area contributed by atoms with E-state index in [-0.39, 0.29) is 22.6 Å².